The van der Waals surface area contributed by atoms with Crippen molar-refractivity contribution >= 4 is 21.4 Å². The van der Waals surface area contributed by atoms with Crippen molar-refractivity contribution in [2.45, 2.75) is 38.8 Å². The van der Waals surface area contributed by atoms with Gasteiger partial charge in [-0.1, -0.05) is 12.1 Å². The summed E-state index contributed by atoms with van der Waals surface area (Å²) >= 11 is 0. The second kappa shape index (κ2) is 6.79. The second-order valence-corrected chi connectivity index (χ2v) is 8.31. The van der Waals surface area contributed by atoms with Crippen LogP contribution in [0.5, 0.6) is 0 Å². The van der Waals surface area contributed by atoms with Crippen molar-refractivity contribution in [2.75, 3.05) is 23.5 Å². The number of carbonyl (C=O) groups excluding carboxylic acids is 1. The molecule has 2 atom stereocenters. The quantitative estimate of drug-likeness (QED) is 0.868. The molecular weight excluding hydrogens is 300 g/mol. The molecule has 0 radical (unpaired) electrons. The standard InChI is InChI=1S/C16H24N2O3S/c1-12(11-22(3,20)21)17-13(2)14-6-8-15(9-7-14)18-10-4-5-16(18)19/h6-9,12-13,17H,4-5,10-11H2,1-3H3. The lowest BCUT2D eigenvalue weighted by atomic mass is 10.1. The van der Waals surface area contributed by atoms with Crippen LogP contribution in [0, 0.1) is 0 Å². The Kier molecular flexibility index (Phi) is 5.24. The Hall–Kier alpha value is -1.40. The second-order valence-electron chi connectivity index (χ2n) is 6.12. The fourth-order valence-electron chi connectivity index (χ4n) is 2.89. The van der Waals surface area contributed by atoms with Crippen molar-refractivity contribution < 1.29 is 13.2 Å². The van der Waals surface area contributed by atoms with Gasteiger partial charge in [-0.3, -0.25) is 4.79 Å². The number of nitrogens with one attached hydrogen (secondary N) is 1. The monoisotopic (exact) mass is 324 g/mol. The predicted octanol–water partition coefficient (Wildman–Crippen LogP) is 1.90. The van der Waals surface area contributed by atoms with Gasteiger partial charge in [-0.05, 0) is 38.0 Å². The van der Waals surface area contributed by atoms with E-state index >= 15 is 0 Å². The van der Waals surface area contributed by atoms with Crippen LogP contribution in [0.2, 0.25) is 0 Å². The number of carbonyl (C=O) groups is 1. The molecule has 0 aliphatic carbocycles. The molecule has 1 N–H and O–H groups in total. The van der Waals surface area contributed by atoms with Gasteiger partial charge in [0.2, 0.25) is 5.91 Å². The molecule has 1 aromatic carbocycles. The molecule has 122 valence electrons. The molecule has 2 rings (SSSR count). The highest BCUT2D eigenvalue weighted by Crippen LogP contribution is 2.23. The molecule has 1 aliphatic heterocycles. The maximum absolute atomic E-state index is 11.7. The Bertz CT molecular complexity index is 625. The van der Waals surface area contributed by atoms with Crippen LogP contribution in [0.15, 0.2) is 24.3 Å². The van der Waals surface area contributed by atoms with Gasteiger partial charge in [0.1, 0.15) is 9.84 Å². The van der Waals surface area contributed by atoms with Crippen LogP contribution >= 0.6 is 0 Å². The SMILES string of the molecule is CC(CS(C)(=O)=O)NC(C)c1ccc(N2CCCC2=O)cc1. The summed E-state index contributed by atoms with van der Waals surface area (Å²) in [6.07, 6.45) is 2.79. The molecule has 22 heavy (non-hydrogen) atoms. The first-order chi connectivity index (χ1) is 10.3. The Morgan fingerprint density at radius 3 is 2.36 bits per heavy atom. The molecule has 6 heteroatoms. The van der Waals surface area contributed by atoms with Gasteiger partial charge < -0.3 is 10.2 Å². The van der Waals surface area contributed by atoms with Crippen LogP contribution in [0.4, 0.5) is 5.69 Å². The number of nitrogens with zero attached hydrogens (tertiary/aromatic N) is 1. The zero-order chi connectivity index (χ0) is 16.3. The number of hydrogen-bond donors (Lipinski definition) is 1. The molecule has 2 unspecified atom stereocenters. The van der Waals surface area contributed by atoms with E-state index in [-0.39, 0.29) is 23.7 Å². The van der Waals surface area contributed by atoms with Gasteiger partial charge in [0.15, 0.2) is 0 Å². The molecule has 0 bridgehead atoms. The van der Waals surface area contributed by atoms with Crippen molar-refractivity contribution in [1.82, 2.24) is 5.32 Å². The fourth-order valence-corrected chi connectivity index (χ4v) is 3.89. The minimum absolute atomic E-state index is 0.0556. The zero-order valence-corrected chi connectivity index (χ0v) is 14.2. The Morgan fingerprint density at radius 1 is 1.23 bits per heavy atom. The summed E-state index contributed by atoms with van der Waals surface area (Å²) < 4.78 is 22.6. The Labute approximate surface area is 132 Å². The summed E-state index contributed by atoms with van der Waals surface area (Å²) in [6, 6.07) is 7.85. The summed E-state index contributed by atoms with van der Waals surface area (Å²) in [5.41, 5.74) is 2.01. The van der Waals surface area contributed by atoms with Crippen molar-refractivity contribution in [2.24, 2.45) is 0 Å². The largest absolute Gasteiger partial charge is 0.312 e. The number of sulfone groups is 1. The first-order valence-corrected chi connectivity index (χ1v) is 9.66. The molecule has 5 nitrogen and oxygen atoms in total. The predicted molar refractivity (Wildman–Crippen MR) is 88.8 cm³/mol. The fraction of sp³-hybridized carbons (Fsp3) is 0.562. The highest BCUT2D eigenvalue weighted by molar-refractivity contribution is 7.90. The first kappa shape index (κ1) is 17.0. The number of amides is 1. The number of anilines is 1. The number of hydrogen-bond acceptors (Lipinski definition) is 4. The summed E-state index contributed by atoms with van der Waals surface area (Å²) in [5.74, 6) is 0.304. The average molecular weight is 324 g/mol. The third-order valence-corrected chi connectivity index (χ3v) is 4.97. The molecular formula is C16H24N2O3S. The highest BCUT2D eigenvalue weighted by Gasteiger charge is 2.21. The van der Waals surface area contributed by atoms with Crippen molar-refractivity contribution in [1.29, 1.82) is 0 Å². The maximum atomic E-state index is 11.7. The molecule has 0 saturated carbocycles. The van der Waals surface area contributed by atoms with Gasteiger partial charge in [0.25, 0.3) is 0 Å². The normalized spacial score (nSPS) is 18.5. The molecule has 1 aliphatic rings. The minimum Gasteiger partial charge on any atom is -0.312 e. The van der Waals surface area contributed by atoms with E-state index in [9.17, 15) is 13.2 Å². The van der Waals surface area contributed by atoms with Gasteiger partial charge in [-0.2, -0.15) is 0 Å². The van der Waals surface area contributed by atoms with E-state index in [4.69, 9.17) is 0 Å². The summed E-state index contributed by atoms with van der Waals surface area (Å²) in [6.45, 7) is 4.67. The van der Waals surface area contributed by atoms with E-state index < -0.39 is 9.84 Å². The van der Waals surface area contributed by atoms with Crippen LogP contribution in [-0.4, -0.2) is 38.9 Å². The zero-order valence-electron chi connectivity index (χ0n) is 13.4. The van der Waals surface area contributed by atoms with Gasteiger partial charge in [0.05, 0.1) is 5.75 Å². The third kappa shape index (κ3) is 4.55. The van der Waals surface area contributed by atoms with E-state index in [0.717, 1.165) is 24.2 Å². The van der Waals surface area contributed by atoms with E-state index in [1.165, 1.54) is 6.26 Å². The smallest absolute Gasteiger partial charge is 0.227 e. The molecule has 1 amide bonds. The van der Waals surface area contributed by atoms with Crippen LogP contribution in [-0.2, 0) is 14.6 Å². The molecule has 1 heterocycles. The van der Waals surface area contributed by atoms with Crippen molar-refractivity contribution in [3.05, 3.63) is 29.8 Å². The molecule has 0 spiro atoms. The van der Waals surface area contributed by atoms with E-state index in [2.05, 4.69) is 5.32 Å². The number of rotatable bonds is 6. The third-order valence-electron chi connectivity index (χ3n) is 3.87. The van der Waals surface area contributed by atoms with Gasteiger partial charge in [-0.25, -0.2) is 8.42 Å². The Balaban J connectivity index is 1.99. The van der Waals surface area contributed by atoms with Gasteiger partial charge in [-0.15, -0.1) is 0 Å². The lowest BCUT2D eigenvalue weighted by molar-refractivity contribution is -0.117. The van der Waals surface area contributed by atoms with E-state index in [0.29, 0.717) is 6.42 Å². The number of benzene rings is 1. The molecule has 0 aromatic heterocycles. The van der Waals surface area contributed by atoms with Crippen LogP contribution in [0.3, 0.4) is 0 Å². The molecule has 1 fully saturated rings. The van der Waals surface area contributed by atoms with Gasteiger partial charge >= 0.3 is 0 Å². The summed E-state index contributed by atoms with van der Waals surface area (Å²) in [7, 11) is -2.98. The lowest BCUT2D eigenvalue weighted by Crippen LogP contribution is -2.34. The van der Waals surface area contributed by atoms with Gasteiger partial charge in [0, 0.05) is 37.0 Å². The van der Waals surface area contributed by atoms with Crippen molar-refractivity contribution in [3.8, 4) is 0 Å². The summed E-state index contributed by atoms with van der Waals surface area (Å²) in [4.78, 5) is 13.5. The average Bonchev–Trinajstić information content (AvgIpc) is 2.83. The van der Waals surface area contributed by atoms with Crippen molar-refractivity contribution in [3.63, 3.8) is 0 Å². The van der Waals surface area contributed by atoms with E-state index in [1.54, 1.807) is 0 Å². The minimum atomic E-state index is -2.98. The summed E-state index contributed by atoms with van der Waals surface area (Å²) in [5, 5.41) is 3.29. The van der Waals surface area contributed by atoms with Crippen LogP contribution in [0.25, 0.3) is 0 Å². The topological polar surface area (TPSA) is 66.5 Å². The van der Waals surface area contributed by atoms with Crippen LogP contribution in [0.1, 0.15) is 38.3 Å². The molecule has 1 saturated heterocycles. The molecule has 1 aromatic rings. The van der Waals surface area contributed by atoms with Crippen LogP contribution < -0.4 is 10.2 Å². The lowest BCUT2D eigenvalue weighted by Gasteiger charge is -2.21. The highest BCUT2D eigenvalue weighted by atomic mass is 32.2. The first-order valence-electron chi connectivity index (χ1n) is 7.60. The Morgan fingerprint density at radius 2 is 1.86 bits per heavy atom. The van der Waals surface area contributed by atoms with E-state index in [1.807, 2.05) is 43.0 Å². The maximum Gasteiger partial charge on any atom is 0.227 e.